The molecule has 0 aliphatic carbocycles. The number of benzene rings is 2. The normalized spacial score (nSPS) is 10.4. The van der Waals surface area contributed by atoms with E-state index in [0.29, 0.717) is 6.61 Å². The Kier molecular flexibility index (Phi) is 4.78. The summed E-state index contributed by atoms with van der Waals surface area (Å²) in [5.41, 5.74) is 2.11. The van der Waals surface area contributed by atoms with Gasteiger partial charge in [0.15, 0.2) is 0 Å². The van der Waals surface area contributed by atoms with Crippen LogP contribution in [0.5, 0.6) is 5.75 Å². The van der Waals surface area contributed by atoms with Crippen molar-refractivity contribution in [2.45, 2.75) is 11.9 Å². The molecule has 0 spiro atoms. The molecule has 18 heavy (non-hydrogen) atoms. The maximum absolute atomic E-state index is 12.7. The Balaban J connectivity index is 2.04. The summed E-state index contributed by atoms with van der Waals surface area (Å²) in [4.78, 5) is 0. The van der Waals surface area contributed by atoms with E-state index in [2.05, 4.69) is 31.9 Å². The quantitative estimate of drug-likeness (QED) is 0.680. The third kappa shape index (κ3) is 3.56. The molecule has 0 aliphatic heterocycles. The Labute approximate surface area is 122 Å². The molecule has 0 fully saturated rings. The predicted octanol–water partition coefficient (Wildman–Crippen LogP) is 5.06. The van der Waals surface area contributed by atoms with Crippen LogP contribution < -0.4 is 4.74 Å². The molecular formula is C14H11Br2FO. The fourth-order valence-electron chi connectivity index (χ4n) is 1.49. The van der Waals surface area contributed by atoms with Crippen molar-refractivity contribution in [1.82, 2.24) is 0 Å². The monoisotopic (exact) mass is 372 g/mol. The lowest BCUT2D eigenvalue weighted by atomic mass is 10.2. The van der Waals surface area contributed by atoms with Crippen molar-refractivity contribution in [2.75, 3.05) is 0 Å². The molecule has 0 radical (unpaired) electrons. The molecule has 0 saturated carbocycles. The zero-order valence-electron chi connectivity index (χ0n) is 9.50. The Morgan fingerprint density at radius 1 is 1.00 bits per heavy atom. The Morgan fingerprint density at radius 3 is 2.28 bits per heavy atom. The van der Waals surface area contributed by atoms with Crippen molar-refractivity contribution >= 4 is 31.9 Å². The molecule has 0 N–H and O–H groups in total. The summed E-state index contributed by atoms with van der Waals surface area (Å²) in [6.07, 6.45) is 0. The van der Waals surface area contributed by atoms with E-state index >= 15 is 0 Å². The van der Waals surface area contributed by atoms with Crippen LogP contribution in [-0.4, -0.2) is 0 Å². The molecule has 2 rings (SSSR count). The van der Waals surface area contributed by atoms with Gasteiger partial charge in [-0.15, -0.1) is 0 Å². The van der Waals surface area contributed by atoms with Gasteiger partial charge in [-0.2, -0.15) is 0 Å². The highest BCUT2D eigenvalue weighted by atomic mass is 79.9. The van der Waals surface area contributed by atoms with E-state index < -0.39 is 0 Å². The Morgan fingerprint density at radius 2 is 1.67 bits per heavy atom. The summed E-state index contributed by atoms with van der Waals surface area (Å²) in [6.45, 7) is 0.423. The first-order valence-electron chi connectivity index (χ1n) is 5.40. The van der Waals surface area contributed by atoms with E-state index in [9.17, 15) is 4.39 Å². The van der Waals surface area contributed by atoms with Gasteiger partial charge in [-0.05, 0) is 51.3 Å². The van der Waals surface area contributed by atoms with Crippen LogP contribution in [0.2, 0.25) is 0 Å². The van der Waals surface area contributed by atoms with Crippen LogP contribution in [0.25, 0.3) is 0 Å². The molecule has 94 valence electrons. The van der Waals surface area contributed by atoms with Gasteiger partial charge < -0.3 is 4.74 Å². The van der Waals surface area contributed by atoms with Crippen molar-refractivity contribution < 1.29 is 9.13 Å². The molecule has 1 nitrogen and oxygen atoms in total. The van der Waals surface area contributed by atoms with E-state index in [0.717, 1.165) is 21.1 Å². The lowest BCUT2D eigenvalue weighted by Crippen LogP contribution is -1.96. The van der Waals surface area contributed by atoms with Crippen LogP contribution >= 0.6 is 31.9 Å². The first-order chi connectivity index (χ1) is 8.69. The maximum atomic E-state index is 12.7. The highest BCUT2D eigenvalue weighted by Gasteiger charge is 2.03. The topological polar surface area (TPSA) is 9.23 Å². The third-order valence-electron chi connectivity index (χ3n) is 2.46. The minimum Gasteiger partial charge on any atom is -0.488 e. The van der Waals surface area contributed by atoms with Gasteiger partial charge in [0, 0.05) is 5.33 Å². The van der Waals surface area contributed by atoms with Gasteiger partial charge in [0.25, 0.3) is 0 Å². The summed E-state index contributed by atoms with van der Waals surface area (Å²) >= 11 is 6.87. The third-order valence-corrected chi connectivity index (χ3v) is 3.73. The van der Waals surface area contributed by atoms with Crippen LogP contribution in [0.3, 0.4) is 0 Å². The van der Waals surface area contributed by atoms with Crippen molar-refractivity contribution in [3.8, 4) is 5.75 Å². The molecular weight excluding hydrogens is 363 g/mol. The van der Waals surface area contributed by atoms with Gasteiger partial charge >= 0.3 is 0 Å². The second-order valence-electron chi connectivity index (χ2n) is 3.81. The Bertz CT molecular complexity index is 526. The summed E-state index contributed by atoms with van der Waals surface area (Å²) < 4.78 is 19.3. The van der Waals surface area contributed by atoms with Gasteiger partial charge in [0.1, 0.15) is 18.2 Å². The van der Waals surface area contributed by atoms with Gasteiger partial charge in [-0.25, -0.2) is 4.39 Å². The summed E-state index contributed by atoms with van der Waals surface area (Å²) in [6, 6.07) is 12.2. The standard InChI is InChI=1S/C14H11Br2FO/c15-8-11-3-6-14(13(16)7-11)18-9-10-1-4-12(17)5-2-10/h1-7H,8-9H2. The molecule has 0 bridgehead atoms. The first kappa shape index (κ1) is 13.6. The average molecular weight is 374 g/mol. The molecule has 0 amide bonds. The number of halogens is 3. The zero-order chi connectivity index (χ0) is 13.0. The average Bonchev–Trinajstić information content (AvgIpc) is 2.39. The smallest absolute Gasteiger partial charge is 0.134 e. The van der Waals surface area contributed by atoms with E-state index in [4.69, 9.17) is 4.74 Å². The van der Waals surface area contributed by atoms with Crippen LogP contribution in [0.1, 0.15) is 11.1 Å². The number of hydrogen-bond acceptors (Lipinski definition) is 1. The molecule has 0 aromatic heterocycles. The first-order valence-corrected chi connectivity index (χ1v) is 7.32. The highest BCUT2D eigenvalue weighted by molar-refractivity contribution is 9.10. The molecule has 0 aliphatic rings. The van der Waals surface area contributed by atoms with Gasteiger partial charge in [-0.3, -0.25) is 0 Å². The largest absolute Gasteiger partial charge is 0.488 e. The Hall–Kier alpha value is -0.870. The maximum Gasteiger partial charge on any atom is 0.134 e. The fraction of sp³-hybridized carbons (Fsp3) is 0.143. The SMILES string of the molecule is Fc1ccc(COc2ccc(CBr)cc2Br)cc1. The predicted molar refractivity (Wildman–Crippen MR) is 77.5 cm³/mol. The lowest BCUT2D eigenvalue weighted by Gasteiger charge is -2.09. The number of hydrogen-bond donors (Lipinski definition) is 0. The van der Waals surface area contributed by atoms with Gasteiger partial charge in [0.2, 0.25) is 0 Å². The van der Waals surface area contributed by atoms with E-state index in [1.807, 2.05) is 18.2 Å². The second kappa shape index (κ2) is 6.34. The molecule has 0 unspecified atom stereocenters. The molecule has 2 aromatic carbocycles. The summed E-state index contributed by atoms with van der Waals surface area (Å²) in [7, 11) is 0. The summed E-state index contributed by atoms with van der Waals surface area (Å²) in [5.74, 6) is 0.547. The van der Waals surface area contributed by atoms with Crippen LogP contribution in [0.15, 0.2) is 46.9 Å². The van der Waals surface area contributed by atoms with E-state index in [1.54, 1.807) is 12.1 Å². The molecule has 4 heteroatoms. The number of rotatable bonds is 4. The fourth-order valence-corrected chi connectivity index (χ4v) is 2.38. The minimum absolute atomic E-state index is 0.235. The minimum atomic E-state index is -0.235. The number of alkyl halides is 1. The van der Waals surface area contributed by atoms with Crippen molar-refractivity contribution in [2.24, 2.45) is 0 Å². The molecule has 0 atom stereocenters. The van der Waals surface area contributed by atoms with E-state index in [1.165, 1.54) is 17.7 Å². The lowest BCUT2D eigenvalue weighted by molar-refractivity contribution is 0.304. The van der Waals surface area contributed by atoms with Crippen molar-refractivity contribution in [3.63, 3.8) is 0 Å². The zero-order valence-corrected chi connectivity index (χ0v) is 12.7. The van der Waals surface area contributed by atoms with Crippen LogP contribution in [0.4, 0.5) is 4.39 Å². The van der Waals surface area contributed by atoms with Crippen molar-refractivity contribution in [3.05, 3.63) is 63.9 Å². The van der Waals surface area contributed by atoms with Crippen LogP contribution in [0, 0.1) is 5.82 Å². The highest BCUT2D eigenvalue weighted by Crippen LogP contribution is 2.27. The second-order valence-corrected chi connectivity index (χ2v) is 5.23. The summed E-state index contributed by atoms with van der Waals surface area (Å²) in [5, 5.41) is 0.809. The molecule has 2 aromatic rings. The molecule has 0 heterocycles. The van der Waals surface area contributed by atoms with Gasteiger partial charge in [-0.1, -0.05) is 34.1 Å². The van der Waals surface area contributed by atoms with Crippen LogP contribution in [-0.2, 0) is 11.9 Å². The van der Waals surface area contributed by atoms with Gasteiger partial charge in [0.05, 0.1) is 4.47 Å². The number of ether oxygens (including phenoxy) is 1. The van der Waals surface area contributed by atoms with Crippen molar-refractivity contribution in [1.29, 1.82) is 0 Å². The molecule has 0 saturated heterocycles. The van der Waals surface area contributed by atoms with E-state index in [-0.39, 0.29) is 5.82 Å².